The third-order valence-electron chi connectivity index (χ3n) is 4.06. The van der Waals surface area contributed by atoms with Crippen LogP contribution in [0.3, 0.4) is 0 Å². The molecule has 1 heterocycles. The van der Waals surface area contributed by atoms with Gasteiger partial charge in [-0.25, -0.2) is 13.2 Å². The van der Waals surface area contributed by atoms with Crippen molar-refractivity contribution in [1.82, 2.24) is 5.32 Å². The summed E-state index contributed by atoms with van der Waals surface area (Å²) in [6.07, 6.45) is 0.183. The lowest BCUT2D eigenvalue weighted by molar-refractivity contribution is -0.117. The normalized spacial score (nSPS) is 17.0. The zero-order chi connectivity index (χ0) is 18.0. The van der Waals surface area contributed by atoms with E-state index in [1.807, 2.05) is 0 Å². The van der Waals surface area contributed by atoms with Crippen LogP contribution in [-0.4, -0.2) is 24.9 Å². The van der Waals surface area contributed by atoms with Crippen molar-refractivity contribution in [3.8, 4) is 0 Å². The second-order valence-corrected chi connectivity index (χ2v) is 5.89. The molecule has 2 aromatic carbocycles. The fourth-order valence-corrected chi connectivity index (χ4v) is 2.79. The predicted octanol–water partition coefficient (Wildman–Crippen LogP) is 2.89. The Bertz CT molecular complexity index is 826. The third kappa shape index (κ3) is 3.81. The number of anilines is 1. The number of rotatable bonds is 4. The molecule has 1 saturated heterocycles. The summed E-state index contributed by atoms with van der Waals surface area (Å²) in [7, 11) is 0. The Morgan fingerprint density at radius 2 is 1.92 bits per heavy atom. The van der Waals surface area contributed by atoms with Crippen molar-refractivity contribution >= 4 is 17.5 Å². The van der Waals surface area contributed by atoms with Gasteiger partial charge in [0.05, 0.1) is 0 Å². The Morgan fingerprint density at radius 3 is 2.64 bits per heavy atom. The van der Waals surface area contributed by atoms with Gasteiger partial charge in [-0.3, -0.25) is 9.59 Å². The van der Waals surface area contributed by atoms with Crippen LogP contribution in [-0.2, 0) is 4.79 Å². The van der Waals surface area contributed by atoms with Crippen LogP contribution in [0, 0.1) is 23.4 Å². The molecular weight excluding hydrogens is 333 g/mol. The zero-order valence-electron chi connectivity index (χ0n) is 13.1. The third-order valence-corrected chi connectivity index (χ3v) is 4.06. The molecule has 2 aromatic rings. The van der Waals surface area contributed by atoms with Crippen LogP contribution in [0.15, 0.2) is 42.5 Å². The number of nitrogens with zero attached hydrogens (tertiary/aromatic N) is 1. The minimum atomic E-state index is -1.02. The van der Waals surface area contributed by atoms with Crippen molar-refractivity contribution in [2.24, 2.45) is 5.92 Å². The lowest BCUT2D eigenvalue weighted by Crippen LogP contribution is -2.31. The summed E-state index contributed by atoms with van der Waals surface area (Å²) in [5.74, 6) is -3.33. The lowest BCUT2D eigenvalue weighted by Gasteiger charge is -2.17. The van der Waals surface area contributed by atoms with Gasteiger partial charge in [-0.2, -0.15) is 0 Å². The van der Waals surface area contributed by atoms with Gasteiger partial charge >= 0.3 is 0 Å². The molecule has 130 valence electrons. The van der Waals surface area contributed by atoms with Gasteiger partial charge in [0.15, 0.2) is 11.6 Å². The topological polar surface area (TPSA) is 49.4 Å². The molecule has 1 atom stereocenters. The first-order valence-corrected chi connectivity index (χ1v) is 7.73. The van der Waals surface area contributed by atoms with Gasteiger partial charge in [0.1, 0.15) is 5.82 Å². The molecule has 0 aromatic heterocycles. The number of halogens is 3. The van der Waals surface area contributed by atoms with Gasteiger partial charge in [0, 0.05) is 42.7 Å². The molecular formula is C18H15F3N2O2. The molecule has 1 N–H and O–H groups in total. The van der Waals surface area contributed by atoms with Crippen LogP contribution in [0.5, 0.6) is 0 Å². The fourth-order valence-electron chi connectivity index (χ4n) is 2.79. The maximum absolute atomic E-state index is 13.3. The smallest absolute Gasteiger partial charge is 0.251 e. The molecule has 0 saturated carbocycles. The molecule has 7 heteroatoms. The quantitative estimate of drug-likeness (QED) is 0.924. The molecule has 4 nitrogen and oxygen atoms in total. The van der Waals surface area contributed by atoms with Gasteiger partial charge in [-0.15, -0.1) is 0 Å². The Kier molecular flexibility index (Phi) is 4.74. The molecule has 1 unspecified atom stereocenters. The van der Waals surface area contributed by atoms with Crippen LogP contribution < -0.4 is 10.2 Å². The Morgan fingerprint density at radius 1 is 1.12 bits per heavy atom. The van der Waals surface area contributed by atoms with Crippen LogP contribution in [0.1, 0.15) is 16.8 Å². The molecule has 0 spiro atoms. The maximum Gasteiger partial charge on any atom is 0.251 e. The van der Waals surface area contributed by atoms with E-state index in [0.717, 1.165) is 18.2 Å². The lowest BCUT2D eigenvalue weighted by atomic mass is 10.1. The van der Waals surface area contributed by atoms with Crippen molar-refractivity contribution in [2.45, 2.75) is 6.42 Å². The highest BCUT2D eigenvalue weighted by Crippen LogP contribution is 2.26. The highest BCUT2D eigenvalue weighted by atomic mass is 19.2. The maximum atomic E-state index is 13.3. The SMILES string of the molecule is O=C(NCC1CC(=O)N(c2ccc(F)c(F)c2)C1)c1cccc(F)c1. The number of benzene rings is 2. The number of hydrogen-bond acceptors (Lipinski definition) is 2. The summed E-state index contributed by atoms with van der Waals surface area (Å²) < 4.78 is 39.5. The number of carbonyl (C=O) groups excluding carboxylic acids is 2. The van der Waals surface area contributed by atoms with E-state index >= 15 is 0 Å². The molecule has 0 bridgehead atoms. The van der Waals surface area contributed by atoms with Gasteiger partial charge in [-0.1, -0.05) is 6.07 Å². The molecule has 3 rings (SSSR count). The van der Waals surface area contributed by atoms with Crippen LogP contribution >= 0.6 is 0 Å². The molecule has 25 heavy (non-hydrogen) atoms. The zero-order valence-corrected chi connectivity index (χ0v) is 13.1. The molecule has 2 amide bonds. The first-order chi connectivity index (χ1) is 11.9. The van der Waals surface area contributed by atoms with Crippen molar-refractivity contribution < 1.29 is 22.8 Å². The summed E-state index contributed by atoms with van der Waals surface area (Å²) >= 11 is 0. The Hall–Kier alpha value is -2.83. The second-order valence-electron chi connectivity index (χ2n) is 5.89. The van der Waals surface area contributed by atoms with Gasteiger partial charge in [0.25, 0.3) is 5.91 Å². The van der Waals surface area contributed by atoms with Crippen molar-refractivity contribution in [3.63, 3.8) is 0 Å². The fraction of sp³-hybridized carbons (Fsp3) is 0.222. The molecule has 1 aliphatic rings. The second kappa shape index (κ2) is 6.96. The molecule has 1 aliphatic heterocycles. The first-order valence-electron chi connectivity index (χ1n) is 7.73. The van der Waals surface area contributed by atoms with Crippen molar-refractivity contribution in [2.75, 3.05) is 18.0 Å². The van der Waals surface area contributed by atoms with Gasteiger partial charge in [0.2, 0.25) is 5.91 Å². The number of amides is 2. The summed E-state index contributed by atoms with van der Waals surface area (Å²) in [5.41, 5.74) is 0.477. The Balaban J connectivity index is 1.61. The average Bonchev–Trinajstić information content (AvgIpc) is 2.96. The van der Waals surface area contributed by atoms with E-state index in [1.54, 1.807) is 0 Å². The first kappa shape index (κ1) is 17.0. The van der Waals surface area contributed by atoms with E-state index in [-0.39, 0.29) is 42.6 Å². The largest absolute Gasteiger partial charge is 0.352 e. The van der Waals surface area contributed by atoms with Crippen molar-refractivity contribution in [3.05, 3.63) is 65.5 Å². The summed E-state index contributed by atoms with van der Waals surface area (Å²) in [5, 5.41) is 2.66. The van der Waals surface area contributed by atoms with E-state index in [4.69, 9.17) is 0 Å². The molecule has 0 radical (unpaired) electrons. The van der Waals surface area contributed by atoms with E-state index in [2.05, 4.69) is 5.32 Å². The number of hydrogen-bond donors (Lipinski definition) is 1. The van der Waals surface area contributed by atoms with Crippen molar-refractivity contribution in [1.29, 1.82) is 0 Å². The minimum absolute atomic E-state index is 0.168. The minimum Gasteiger partial charge on any atom is -0.352 e. The average molecular weight is 348 g/mol. The number of carbonyl (C=O) groups is 2. The highest BCUT2D eigenvalue weighted by Gasteiger charge is 2.31. The summed E-state index contributed by atoms with van der Waals surface area (Å²) in [6.45, 7) is 0.509. The Labute approximate surface area is 142 Å². The monoisotopic (exact) mass is 348 g/mol. The molecule has 0 aliphatic carbocycles. The predicted molar refractivity (Wildman–Crippen MR) is 85.6 cm³/mol. The van der Waals surface area contributed by atoms with Gasteiger partial charge in [-0.05, 0) is 30.3 Å². The van der Waals surface area contributed by atoms with E-state index < -0.39 is 23.4 Å². The standard InChI is InChI=1S/C18H15F3N2O2/c19-13-3-1-2-12(7-13)18(25)22-9-11-6-17(24)23(10-11)14-4-5-15(20)16(21)8-14/h1-5,7-8,11H,6,9-10H2,(H,22,25). The van der Waals surface area contributed by atoms with E-state index in [0.29, 0.717) is 0 Å². The van der Waals surface area contributed by atoms with E-state index in [9.17, 15) is 22.8 Å². The highest BCUT2D eigenvalue weighted by molar-refractivity contribution is 5.96. The van der Waals surface area contributed by atoms with Crippen LogP contribution in [0.4, 0.5) is 18.9 Å². The van der Waals surface area contributed by atoms with Gasteiger partial charge < -0.3 is 10.2 Å². The van der Waals surface area contributed by atoms with Crippen LogP contribution in [0.2, 0.25) is 0 Å². The van der Waals surface area contributed by atoms with Crippen LogP contribution in [0.25, 0.3) is 0 Å². The van der Waals surface area contributed by atoms with E-state index in [1.165, 1.54) is 29.2 Å². The summed E-state index contributed by atoms with van der Waals surface area (Å²) in [6, 6.07) is 8.58. The number of nitrogens with one attached hydrogen (secondary N) is 1. The summed E-state index contributed by atoms with van der Waals surface area (Å²) in [4.78, 5) is 25.5. The molecule has 1 fully saturated rings.